The van der Waals surface area contributed by atoms with Crippen molar-refractivity contribution in [2.24, 2.45) is 4.99 Å². The van der Waals surface area contributed by atoms with Crippen LogP contribution in [0.2, 0.25) is 0 Å². The van der Waals surface area contributed by atoms with Gasteiger partial charge in [-0.25, -0.2) is 22.0 Å². The first-order valence-corrected chi connectivity index (χ1v) is 15.8. The van der Waals surface area contributed by atoms with Gasteiger partial charge in [0.1, 0.15) is 27.8 Å². The van der Waals surface area contributed by atoms with Crippen molar-refractivity contribution in [1.29, 1.82) is 0 Å². The number of halogens is 2. The Morgan fingerprint density at radius 1 is 1.07 bits per heavy atom. The van der Waals surface area contributed by atoms with Crippen LogP contribution in [0.1, 0.15) is 69.9 Å². The molecule has 12 heteroatoms. The lowest BCUT2D eigenvalue weighted by molar-refractivity contribution is 0.0560. The molecular weight excluding hydrogens is 604 g/mol. The number of aliphatic hydroxyl groups is 1. The number of sulfone groups is 1. The number of rotatable bonds is 6. The number of amidine groups is 1. The molecule has 1 heterocycles. The number of nitrogen functional groups attached to an aromatic ring is 1. The monoisotopic (exact) mass is 645 g/mol. The molecule has 4 N–H and O–H groups in total. The Kier molecular flexibility index (Phi) is 11.5. The highest BCUT2D eigenvalue weighted by Crippen LogP contribution is 2.43. The van der Waals surface area contributed by atoms with Crippen molar-refractivity contribution in [1.82, 2.24) is 5.32 Å². The minimum atomic E-state index is -4.22. The number of carbonyl (C=O) groups excluding carboxylic acids is 1. The average Bonchev–Trinajstić information content (AvgIpc) is 2.95. The van der Waals surface area contributed by atoms with Crippen LogP contribution in [0.15, 0.2) is 77.8 Å². The Hall–Kier alpha value is -3.87. The lowest BCUT2D eigenvalue weighted by Gasteiger charge is -2.40. The molecule has 0 saturated heterocycles. The van der Waals surface area contributed by atoms with Gasteiger partial charge in [0.05, 0.1) is 24.0 Å². The molecule has 4 rings (SSSR count). The van der Waals surface area contributed by atoms with Crippen molar-refractivity contribution >= 4 is 27.5 Å². The van der Waals surface area contributed by atoms with E-state index in [2.05, 4.69) is 10.3 Å². The molecule has 0 spiro atoms. The summed E-state index contributed by atoms with van der Waals surface area (Å²) in [5.74, 6) is -1.48. The molecule has 45 heavy (non-hydrogen) atoms. The van der Waals surface area contributed by atoms with Crippen molar-refractivity contribution in [3.63, 3.8) is 0 Å². The Morgan fingerprint density at radius 3 is 2.27 bits per heavy atom. The van der Waals surface area contributed by atoms with E-state index in [4.69, 9.17) is 15.2 Å². The molecule has 1 aliphatic rings. The fourth-order valence-electron chi connectivity index (χ4n) is 4.74. The minimum Gasteiger partial charge on any atom is -0.444 e. The Labute approximate surface area is 263 Å². The maximum absolute atomic E-state index is 15.0. The van der Waals surface area contributed by atoms with Crippen LogP contribution in [0.3, 0.4) is 0 Å². The van der Waals surface area contributed by atoms with E-state index in [1.165, 1.54) is 43.7 Å². The second-order valence-electron chi connectivity index (χ2n) is 12.1. The molecule has 3 atom stereocenters. The number of nitrogens with two attached hydrogens (primary N) is 1. The summed E-state index contributed by atoms with van der Waals surface area (Å²) < 4.78 is 64.6. The molecule has 0 fully saturated rings. The van der Waals surface area contributed by atoms with E-state index in [9.17, 15) is 27.1 Å². The predicted molar refractivity (Wildman–Crippen MR) is 170 cm³/mol. The standard InChI is InChI=1S/C25H31F2N3O5S.C8H10O/c1-24(2,3)35-23(32)30-22-25(4,5)36(33,34)20(13-19(31)14-6-8-15(26)9-7-14)21(29-22)17-12-16(28)10-11-18(17)27;1-9-7-8-5-3-2-4-6-8/h6-12,19-21,31H,13,28H2,1-5H3,(H,29,30,32);2-6H,7H2,1H3. The molecule has 9 nitrogen and oxygen atoms in total. The van der Waals surface area contributed by atoms with Gasteiger partial charge in [-0.15, -0.1) is 0 Å². The Morgan fingerprint density at radius 2 is 1.69 bits per heavy atom. The molecular formula is C33H41F2N3O6S. The first-order valence-electron chi connectivity index (χ1n) is 14.3. The third-order valence-electron chi connectivity index (χ3n) is 7.12. The van der Waals surface area contributed by atoms with Crippen molar-refractivity contribution in [3.05, 3.63) is 101 Å². The molecule has 1 amide bonds. The fourth-order valence-corrected chi connectivity index (χ4v) is 6.85. The van der Waals surface area contributed by atoms with E-state index in [0.717, 1.165) is 18.2 Å². The Balaban J connectivity index is 0.000000525. The van der Waals surface area contributed by atoms with Gasteiger partial charge in [-0.1, -0.05) is 42.5 Å². The highest BCUT2D eigenvalue weighted by Gasteiger charge is 2.53. The summed E-state index contributed by atoms with van der Waals surface area (Å²) in [4.78, 5) is 17.0. The van der Waals surface area contributed by atoms with Crippen LogP contribution < -0.4 is 11.1 Å². The average molecular weight is 646 g/mol. The molecule has 244 valence electrons. The summed E-state index contributed by atoms with van der Waals surface area (Å²) in [5, 5.41) is 11.9. The number of benzene rings is 3. The van der Waals surface area contributed by atoms with E-state index >= 15 is 0 Å². The molecule has 3 unspecified atom stereocenters. The summed E-state index contributed by atoms with van der Waals surface area (Å²) >= 11 is 0. The number of nitrogens with zero attached hydrogens (tertiary/aromatic N) is 1. The Bertz CT molecular complexity index is 1590. The zero-order chi connectivity index (χ0) is 33.6. The number of anilines is 1. The lowest BCUT2D eigenvalue weighted by Crippen LogP contribution is -2.58. The largest absolute Gasteiger partial charge is 0.444 e. The van der Waals surface area contributed by atoms with Crippen molar-refractivity contribution in [3.8, 4) is 0 Å². The maximum Gasteiger partial charge on any atom is 0.413 e. The first-order chi connectivity index (χ1) is 21.0. The van der Waals surface area contributed by atoms with Crippen LogP contribution in [0.25, 0.3) is 0 Å². The van der Waals surface area contributed by atoms with Crippen LogP contribution in [0, 0.1) is 11.6 Å². The van der Waals surface area contributed by atoms with Crippen LogP contribution >= 0.6 is 0 Å². The van der Waals surface area contributed by atoms with E-state index in [1.807, 2.05) is 30.3 Å². The second kappa shape index (κ2) is 14.5. The number of aliphatic imine (C=N–C) groups is 1. The summed E-state index contributed by atoms with van der Waals surface area (Å²) in [6.07, 6.45) is -2.59. The summed E-state index contributed by atoms with van der Waals surface area (Å²) in [6.45, 7) is 8.38. The van der Waals surface area contributed by atoms with E-state index in [-0.39, 0.29) is 29.1 Å². The number of methoxy groups -OCH3 is 1. The van der Waals surface area contributed by atoms with Crippen LogP contribution in [0.5, 0.6) is 0 Å². The molecule has 3 aromatic carbocycles. The molecule has 0 radical (unpaired) electrons. The lowest BCUT2D eigenvalue weighted by atomic mass is 9.95. The van der Waals surface area contributed by atoms with Gasteiger partial charge in [0.15, 0.2) is 9.84 Å². The smallest absolute Gasteiger partial charge is 0.413 e. The van der Waals surface area contributed by atoms with E-state index in [1.54, 1.807) is 27.9 Å². The molecule has 1 aliphatic heterocycles. The van der Waals surface area contributed by atoms with Gasteiger partial charge >= 0.3 is 6.09 Å². The quantitative estimate of drug-likeness (QED) is 0.278. The highest BCUT2D eigenvalue weighted by molar-refractivity contribution is 7.94. The van der Waals surface area contributed by atoms with E-state index < -0.39 is 55.3 Å². The number of amides is 1. The third-order valence-corrected chi connectivity index (χ3v) is 9.99. The van der Waals surface area contributed by atoms with Crippen molar-refractivity contribution in [2.45, 2.75) is 75.4 Å². The summed E-state index contributed by atoms with van der Waals surface area (Å²) in [5.41, 5.74) is 6.59. The van der Waals surface area contributed by atoms with Crippen LogP contribution in [0.4, 0.5) is 19.3 Å². The van der Waals surface area contributed by atoms with Crippen molar-refractivity contribution in [2.75, 3.05) is 12.8 Å². The van der Waals surface area contributed by atoms with Gasteiger partial charge < -0.3 is 20.3 Å². The molecule has 0 aromatic heterocycles. The predicted octanol–water partition coefficient (Wildman–Crippen LogP) is 6.04. The van der Waals surface area contributed by atoms with Gasteiger partial charge in [0.25, 0.3) is 0 Å². The van der Waals surface area contributed by atoms with Gasteiger partial charge in [-0.3, -0.25) is 10.3 Å². The summed E-state index contributed by atoms with van der Waals surface area (Å²) in [6, 6.07) is 17.4. The molecule has 0 bridgehead atoms. The van der Waals surface area contributed by atoms with E-state index in [0.29, 0.717) is 6.61 Å². The van der Waals surface area contributed by atoms with Gasteiger partial charge in [0.2, 0.25) is 0 Å². The summed E-state index contributed by atoms with van der Waals surface area (Å²) in [7, 11) is -2.52. The molecule has 0 aliphatic carbocycles. The third kappa shape index (κ3) is 9.09. The number of hydrogen-bond donors (Lipinski definition) is 3. The van der Waals surface area contributed by atoms with Crippen LogP contribution in [-0.4, -0.2) is 48.2 Å². The fraction of sp³-hybridized carbons (Fsp3) is 0.394. The first kappa shape index (κ1) is 35.6. The number of carbonyl (C=O) groups is 1. The normalized spacial score (nSPS) is 19.4. The number of alkyl carbamates (subject to hydrolysis) is 1. The molecule has 3 aromatic rings. The maximum atomic E-state index is 15.0. The SMILES string of the molecule is CC(C)(C)OC(=O)NC1=NC(c2cc(N)ccc2F)C(CC(O)c2ccc(F)cc2)S(=O)(=O)C1(C)C.COCc1ccccc1. The minimum absolute atomic E-state index is 0.103. The highest BCUT2D eigenvalue weighted by atomic mass is 32.2. The van der Waals surface area contributed by atoms with Gasteiger partial charge in [0, 0.05) is 18.4 Å². The number of nitrogens with one attached hydrogen (secondary N) is 1. The van der Waals surface area contributed by atoms with Crippen molar-refractivity contribution < 1.29 is 36.6 Å². The van der Waals surface area contributed by atoms with Crippen LogP contribution in [-0.2, 0) is 25.9 Å². The zero-order valence-corrected chi connectivity index (χ0v) is 27.1. The number of ether oxygens (including phenoxy) is 2. The van der Waals surface area contributed by atoms with Gasteiger partial charge in [-0.05, 0) is 82.5 Å². The molecule has 0 saturated carbocycles. The number of aliphatic hydroxyl groups excluding tert-OH is 1. The second-order valence-corrected chi connectivity index (χ2v) is 14.9. The zero-order valence-electron chi connectivity index (χ0n) is 26.3. The van der Waals surface area contributed by atoms with Gasteiger partial charge in [-0.2, -0.15) is 0 Å². The number of hydrogen-bond acceptors (Lipinski definition) is 8. The topological polar surface area (TPSA) is 140 Å².